The largest absolute Gasteiger partial charge is 0.497 e. The summed E-state index contributed by atoms with van der Waals surface area (Å²) in [6.07, 6.45) is 2.65. The van der Waals surface area contributed by atoms with Crippen LogP contribution in [0.15, 0.2) is 24.3 Å². The molecule has 0 radical (unpaired) electrons. The van der Waals surface area contributed by atoms with Crippen molar-refractivity contribution >= 4 is 12.4 Å². The number of piperidine rings is 1. The van der Waals surface area contributed by atoms with Gasteiger partial charge in [0, 0.05) is 19.1 Å². The summed E-state index contributed by atoms with van der Waals surface area (Å²) < 4.78 is 5.28. The highest BCUT2D eigenvalue weighted by molar-refractivity contribution is 5.85. The van der Waals surface area contributed by atoms with E-state index in [1.807, 2.05) is 6.07 Å². The molecule has 3 rings (SSSR count). The fourth-order valence-electron chi connectivity index (χ4n) is 3.30. The highest BCUT2D eigenvalue weighted by Crippen LogP contribution is 2.26. The Morgan fingerprint density at radius 1 is 1.37 bits per heavy atom. The lowest BCUT2D eigenvalue weighted by atomic mass is 9.93. The third-order valence-electron chi connectivity index (χ3n) is 4.28. The molecular weight excluding hydrogens is 260 g/mol. The van der Waals surface area contributed by atoms with E-state index >= 15 is 0 Å². The Hall–Kier alpha value is -0.770. The maximum absolute atomic E-state index is 5.28. The van der Waals surface area contributed by atoms with Gasteiger partial charge in [-0.3, -0.25) is 4.90 Å². The molecule has 0 bridgehead atoms. The molecule has 106 valence electrons. The molecular formula is C15H23ClN2O. The molecule has 0 aliphatic carbocycles. The van der Waals surface area contributed by atoms with E-state index < -0.39 is 0 Å². The maximum atomic E-state index is 5.28. The minimum Gasteiger partial charge on any atom is -0.497 e. The number of fused-ring (bicyclic) bond motifs is 1. The first-order chi connectivity index (χ1) is 8.85. The van der Waals surface area contributed by atoms with Gasteiger partial charge in [-0.1, -0.05) is 12.1 Å². The molecule has 0 spiro atoms. The van der Waals surface area contributed by atoms with Crippen LogP contribution in [0.5, 0.6) is 5.75 Å². The van der Waals surface area contributed by atoms with E-state index in [0.717, 1.165) is 24.3 Å². The lowest BCUT2D eigenvalue weighted by Crippen LogP contribution is -2.43. The van der Waals surface area contributed by atoms with Gasteiger partial charge >= 0.3 is 0 Å². The van der Waals surface area contributed by atoms with E-state index in [0.29, 0.717) is 0 Å². The van der Waals surface area contributed by atoms with Gasteiger partial charge in [-0.15, -0.1) is 12.4 Å². The van der Waals surface area contributed by atoms with E-state index in [4.69, 9.17) is 4.74 Å². The summed E-state index contributed by atoms with van der Waals surface area (Å²) in [6.45, 7) is 4.73. The summed E-state index contributed by atoms with van der Waals surface area (Å²) in [6, 6.07) is 9.22. The SMILES string of the molecule is COc1cccc(CN2CCC3NCCC3C2)c1.Cl. The van der Waals surface area contributed by atoms with Crippen molar-refractivity contribution in [2.45, 2.75) is 25.4 Å². The van der Waals surface area contributed by atoms with Crippen molar-refractivity contribution in [2.24, 2.45) is 5.92 Å². The van der Waals surface area contributed by atoms with Crippen molar-refractivity contribution in [2.75, 3.05) is 26.7 Å². The van der Waals surface area contributed by atoms with Gasteiger partial charge < -0.3 is 10.1 Å². The van der Waals surface area contributed by atoms with Gasteiger partial charge in [0.1, 0.15) is 5.75 Å². The number of nitrogens with one attached hydrogen (secondary N) is 1. The third-order valence-corrected chi connectivity index (χ3v) is 4.28. The zero-order valence-corrected chi connectivity index (χ0v) is 12.3. The molecule has 2 unspecified atom stereocenters. The van der Waals surface area contributed by atoms with Gasteiger partial charge in [0.2, 0.25) is 0 Å². The number of benzene rings is 1. The number of rotatable bonds is 3. The molecule has 0 aromatic heterocycles. The summed E-state index contributed by atoms with van der Waals surface area (Å²) in [5, 5.41) is 3.61. The predicted octanol–water partition coefficient (Wildman–Crippen LogP) is 2.30. The molecule has 2 atom stereocenters. The average Bonchev–Trinajstić information content (AvgIpc) is 2.86. The quantitative estimate of drug-likeness (QED) is 0.921. The van der Waals surface area contributed by atoms with Crippen molar-refractivity contribution in [3.05, 3.63) is 29.8 Å². The molecule has 1 aromatic carbocycles. The standard InChI is InChI=1S/C15H22N2O.ClH/c1-18-14-4-2-3-12(9-14)10-17-8-6-15-13(11-17)5-7-16-15;/h2-4,9,13,15-16H,5-8,10-11H2,1H3;1H. The second-order valence-electron chi connectivity index (χ2n) is 5.48. The predicted molar refractivity (Wildman–Crippen MR) is 80.0 cm³/mol. The van der Waals surface area contributed by atoms with Gasteiger partial charge in [-0.25, -0.2) is 0 Å². The first kappa shape index (κ1) is 14.6. The fourth-order valence-corrected chi connectivity index (χ4v) is 3.30. The zero-order valence-electron chi connectivity index (χ0n) is 11.5. The number of methoxy groups -OCH3 is 1. The van der Waals surface area contributed by atoms with Crippen LogP contribution in [-0.2, 0) is 6.54 Å². The van der Waals surface area contributed by atoms with Crippen molar-refractivity contribution in [1.82, 2.24) is 10.2 Å². The van der Waals surface area contributed by atoms with Gasteiger partial charge in [-0.2, -0.15) is 0 Å². The Kier molecular flexibility index (Phi) is 5.08. The van der Waals surface area contributed by atoms with E-state index in [1.165, 1.54) is 38.0 Å². The summed E-state index contributed by atoms with van der Waals surface area (Å²) in [7, 11) is 1.73. The molecule has 19 heavy (non-hydrogen) atoms. The molecule has 3 nitrogen and oxygen atoms in total. The van der Waals surface area contributed by atoms with Crippen LogP contribution in [0.3, 0.4) is 0 Å². The fraction of sp³-hybridized carbons (Fsp3) is 0.600. The molecule has 2 aliphatic rings. The van der Waals surface area contributed by atoms with Crippen LogP contribution in [0.25, 0.3) is 0 Å². The highest BCUT2D eigenvalue weighted by Gasteiger charge is 2.32. The van der Waals surface area contributed by atoms with Crippen LogP contribution in [0, 0.1) is 5.92 Å². The van der Waals surface area contributed by atoms with Crippen molar-refractivity contribution in [3.63, 3.8) is 0 Å². The summed E-state index contributed by atoms with van der Waals surface area (Å²) in [5.74, 6) is 1.83. The first-order valence-electron chi connectivity index (χ1n) is 6.94. The number of likely N-dealkylation sites (tertiary alicyclic amines) is 1. The molecule has 2 aliphatic heterocycles. The Balaban J connectivity index is 0.00000133. The number of halogens is 1. The van der Waals surface area contributed by atoms with Crippen LogP contribution in [-0.4, -0.2) is 37.7 Å². The topological polar surface area (TPSA) is 24.5 Å². The lowest BCUT2D eigenvalue weighted by Gasteiger charge is -2.34. The summed E-state index contributed by atoms with van der Waals surface area (Å²) in [5.41, 5.74) is 1.36. The Bertz CT molecular complexity index is 413. The number of hydrogen-bond acceptors (Lipinski definition) is 3. The second-order valence-corrected chi connectivity index (χ2v) is 5.48. The van der Waals surface area contributed by atoms with Gasteiger partial charge in [0.15, 0.2) is 0 Å². The van der Waals surface area contributed by atoms with Crippen molar-refractivity contribution in [3.8, 4) is 5.75 Å². The van der Waals surface area contributed by atoms with Crippen LogP contribution in [0.2, 0.25) is 0 Å². The average molecular weight is 283 g/mol. The van der Waals surface area contributed by atoms with Gasteiger partial charge in [0.05, 0.1) is 7.11 Å². The highest BCUT2D eigenvalue weighted by atomic mass is 35.5. The molecule has 2 fully saturated rings. The number of nitrogens with zero attached hydrogens (tertiary/aromatic N) is 1. The van der Waals surface area contributed by atoms with Crippen LogP contribution < -0.4 is 10.1 Å². The lowest BCUT2D eigenvalue weighted by molar-refractivity contribution is 0.156. The summed E-state index contributed by atoms with van der Waals surface area (Å²) in [4.78, 5) is 2.59. The van der Waals surface area contributed by atoms with E-state index in [1.54, 1.807) is 7.11 Å². The molecule has 1 aromatic rings. The zero-order chi connectivity index (χ0) is 12.4. The Morgan fingerprint density at radius 3 is 3.11 bits per heavy atom. The molecule has 0 saturated carbocycles. The monoisotopic (exact) mass is 282 g/mol. The summed E-state index contributed by atoms with van der Waals surface area (Å²) >= 11 is 0. The van der Waals surface area contributed by atoms with Crippen LogP contribution >= 0.6 is 12.4 Å². The van der Waals surface area contributed by atoms with Crippen LogP contribution in [0.4, 0.5) is 0 Å². The smallest absolute Gasteiger partial charge is 0.119 e. The van der Waals surface area contributed by atoms with E-state index in [2.05, 4.69) is 28.4 Å². The molecule has 2 saturated heterocycles. The Morgan fingerprint density at radius 2 is 2.26 bits per heavy atom. The van der Waals surface area contributed by atoms with E-state index in [-0.39, 0.29) is 12.4 Å². The van der Waals surface area contributed by atoms with Gasteiger partial charge in [0.25, 0.3) is 0 Å². The molecule has 4 heteroatoms. The van der Waals surface area contributed by atoms with E-state index in [9.17, 15) is 0 Å². The van der Waals surface area contributed by atoms with Crippen LogP contribution in [0.1, 0.15) is 18.4 Å². The second kappa shape index (κ2) is 6.60. The third kappa shape index (κ3) is 3.41. The van der Waals surface area contributed by atoms with Crippen molar-refractivity contribution < 1.29 is 4.74 Å². The van der Waals surface area contributed by atoms with Crippen molar-refractivity contribution in [1.29, 1.82) is 0 Å². The first-order valence-corrected chi connectivity index (χ1v) is 6.94. The normalized spacial score (nSPS) is 26.6. The Labute approximate surface area is 121 Å². The molecule has 1 N–H and O–H groups in total. The van der Waals surface area contributed by atoms with Gasteiger partial charge in [-0.05, 0) is 49.5 Å². The maximum Gasteiger partial charge on any atom is 0.119 e. The number of ether oxygens (including phenoxy) is 1. The number of hydrogen-bond donors (Lipinski definition) is 1. The minimum atomic E-state index is 0. The minimum absolute atomic E-state index is 0. The molecule has 0 amide bonds. The molecule has 2 heterocycles.